The molecule has 2 rings (SSSR count). The number of ether oxygens (including phenoxy) is 1. The topological polar surface area (TPSA) is 49.7 Å². The van der Waals surface area contributed by atoms with Crippen LogP contribution in [0.4, 0.5) is 13.2 Å². The van der Waals surface area contributed by atoms with Crippen molar-refractivity contribution in [1.82, 2.24) is 0 Å². The van der Waals surface area contributed by atoms with Gasteiger partial charge >= 0.3 is 6.36 Å². The first kappa shape index (κ1) is 14.1. The Labute approximate surface area is 108 Å². The maximum Gasteiger partial charge on any atom is 0.573 e. The van der Waals surface area contributed by atoms with Crippen LogP contribution in [0.3, 0.4) is 0 Å². The number of aliphatic hydroxyl groups is 2. The summed E-state index contributed by atoms with van der Waals surface area (Å²) in [6.07, 6.45) is -3.36. The van der Waals surface area contributed by atoms with E-state index in [9.17, 15) is 23.4 Å². The standard InChI is InChI=1S/C13H15F3O3/c14-13(15,16)19-11-3-1-9(2-4-11)12(18)7-5-10(17)6-8-12/h1-4,10,17-18H,5-8H2. The van der Waals surface area contributed by atoms with Crippen molar-refractivity contribution in [1.29, 1.82) is 0 Å². The summed E-state index contributed by atoms with van der Waals surface area (Å²) in [6, 6.07) is 5.23. The number of hydrogen-bond donors (Lipinski definition) is 2. The Morgan fingerprint density at radius 1 is 1.11 bits per heavy atom. The number of halogens is 3. The summed E-state index contributed by atoms with van der Waals surface area (Å²) in [6.45, 7) is 0. The van der Waals surface area contributed by atoms with Crippen molar-refractivity contribution in [3.8, 4) is 5.75 Å². The number of aliphatic hydroxyl groups excluding tert-OH is 1. The van der Waals surface area contributed by atoms with E-state index in [4.69, 9.17) is 0 Å². The molecule has 0 saturated heterocycles. The van der Waals surface area contributed by atoms with Gasteiger partial charge in [-0.15, -0.1) is 13.2 Å². The lowest BCUT2D eigenvalue weighted by molar-refractivity contribution is -0.274. The van der Waals surface area contributed by atoms with Crippen molar-refractivity contribution >= 4 is 0 Å². The second-order valence-electron chi connectivity index (χ2n) is 4.83. The molecule has 1 aliphatic carbocycles. The third-order valence-corrected chi connectivity index (χ3v) is 3.41. The zero-order valence-electron chi connectivity index (χ0n) is 10.2. The molecule has 1 fully saturated rings. The molecule has 0 amide bonds. The molecular weight excluding hydrogens is 261 g/mol. The molecule has 0 unspecified atom stereocenters. The highest BCUT2D eigenvalue weighted by molar-refractivity contribution is 5.31. The van der Waals surface area contributed by atoms with Crippen LogP contribution in [-0.4, -0.2) is 22.7 Å². The highest BCUT2D eigenvalue weighted by atomic mass is 19.4. The molecule has 0 radical (unpaired) electrons. The Morgan fingerprint density at radius 3 is 2.11 bits per heavy atom. The van der Waals surface area contributed by atoms with Crippen LogP contribution in [0.2, 0.25) is 0 Å². The smallest absolute Gasteiger partial charge is 0.406 e. The predicted octanol–water partition coefficient (Wildman–Crippen LogP) is 2.71. The van der Waals surface area contributed by atoms with Crippen LogP contribution < -0.4 is 4.74 Å². The van der Waals surface area contributed by atoms with Crippen LogP contribution in [0.1, 0.15) is 31.2 Å². The molecule has 19 heavy (non-hydrogen) atoms. The Morgan fingerprint density at radius 2 is 1.63 bits per heavy atom. The van der Waals surface area contributed by atoms with Crippen LogP contribution in [-0.2, 0) is 5.60 Å². The van der Waals surface area contributed by atoms with Gasteiger partial charge in [-0.25, -0.2) is 0 Å². The zero-order valence-corrected chi connectivity index (χ0v) is 10.2. The number of rotatable bonds is 2. The summed E-state index contributed by atoms with van der Waals surface area (Å²) in [5.41, 5.74) is -0.523. The van der Waals surface area contributed by atoms with Gasteiger partial charge in [-0.1, -0.05) is 12.1 Å². The molecule has 2 N–H and O–H groups in total. The Hall–Kier alpha value is -1.27. The monoisotopic (exact) mass is 276 g/mol. The van der Waals surface area contributed by atoms with Crippen molar-refractivity contribution < 1.29 is 28.1 Å². The number of hydrogen-bond acceptors (Lipinski definition) is 3. The van der Waals surface area contributed by atoms with Gasteiger partial charge in [-0.2, -0.15) is 0 Å². The molecule has 6 heteroatoms. The molecule has 3 nitrogen and oxygen atoms in total. The molecule has 0 aromatic heterocycles. The maximum atomic E-state index is 12.0. The lowest BCUT2D eigenvalue weighted by Crippen LogP contribution is -2.33. The van der Waals surface area contributed by atoms with Gasteiger partial charge in [0, 0.05) is 0 Å². The first-order valence-electron chi connectivity index (χ1n) is 6.05. The Kier molecular flexibility index (Phi) is 3.73. The van der Waals surface area contributed by atoms with E-state index < -0.39 is 18.1 Å². The van der Waals surface area contributed by atoms with Crippen molar-refractivity contribution in [3.63, 3.8) is 0 Å². The van der Waals surface area contributed by atoms with Gasteiger partial charge in [0.2, 0.25) is 0 Å². The van der Waals surface area contributed by atoms with Gasteiger partial charge < -0.3 is 14.9 Å². The van der Waals surface area contributed by atoms with E-state index in [0.717, 1.165) is 0 Å². The molecule has 1 aromatic carbocycles. The first-order valence-corrected chi connectivity index (χ1v) is 6.05. The Bertz CT molecular complexity index is 420. The second kappa shape index (κ2) is 5.02. The fourth-order valence-corrected chi connectivity index (χ4v) is 2.34. The lowest BCUT2D eigenvalue weighted by Gasteiger charge is -2.34. The molecule has 1 saturated carbocycles. The summed E-state index contributed by atoms with van der Waals surface area (Å²) in [5.74, 6) is -0.310. The van der Waals surface area contributed by atoms with Crippen molar-refractivity contribution in [3.05, 3.63) is 29.8 Å². The largest absolute Gasteiger partial charge is 0.573 e. The molecule has 0 aliphatic heterocycles. The summed E-state index contributed by atoms with van der Waals surface area (Å²) in [5, 5.41) is 19.8. The lowest BCUT2D eigenvalue weighted by atomic mass is 9.78. The minimum absolute atomic E-state index is 0.310. The number of alkyl halides is 3. The highest BCUT2D eigenvalue weighted by Crippen LogP contribution is 2.37. The minimum Gasteiger partial charge on any atom is -0.406 e. The summed E-state index contributed by atoms with van der Waals surface area (Å²) in [4.78, 5) is 0. The van der Waals surface area contributed by atoms with E-state index in [0.29, 0.717) is 31.2 Å². The fourth-order valence-electron chi connectivity index (χ4n) is 2.34. The second-order valence-corrected chi connectivity index (χ2v) is 4.83. The van der Waals surface area contributed by atoms with Crippen LogP contribution in [0, 0.1) is 0 Å². The van der Waals surface area contributed by atoms with Crippen molar-refractivity contribution in [2.24, 2.45) is 0 Å². The molecule has 0 bridgehead atoms. The van der Waals surface area contributed by atoms with Crippen LogP contribution in [0.5, 0.6) is 5.75 Å². The quantitative estimate of drug-likeness (QED) is 0.873. The number of benzene rings is 1. The van der Waals surface area contributed by atoms with Gasteiger partial charge in [-0.3, -0.25) is 0 Å². The van der Waals surface area contributed by atoms with Crippen molar-refractivity contribution in [2.75, 3.05) is 0 Å². The van der Waals surface area contributed by atoms with Crippen LogP contribution in [0.25, 0.3) is 0 Å². The van der Waals surface area contributed by atoms with E-state index >= 15 is 0 Å². The zero-order chi connectivity index (χ0) is 14.1. The van der Waals surface area contributed by atoms with E-state index in [1.807, 2.05) is 0 Å². The minimum atomic E-state index is -4.71. The molecular formula is C13H15F3O3. The van der Waals surface area contributed by atoms with E-state index in [-0.39, 0.29) is 5.75 Å². The van der Waals surface area contributed by atoms with Gasteiger partial charge in [0.1, 0.15) is 5.75 Å². The third kappa shape index (κ3) is 3.61. The van der Waals surface area contributed by atoms with Crippen LogP contribution in [0.15, 0.2) is 24.3 Å². The van der Waals surface area contributed by atoms with Gasteiger partial charge in [0.25, 0.3) is 0 Å². The predicted molar refractivity (Wildman–Crippen MR) is 61.5 cm³/mol. The molecule has 0 heterocycles. The molecule has 106 valence electrons. The highest BCUT2D eigenvalue weighted by Gasteiger charge is 2.35. The molecule has 0 spiro atoms. The SMILES string of the molecule is OC1CCC(O)(c2ccc(OC(F)(F)F)cc2)CC1. The summed E-state index contributed by atoms with van der Waals surface area (Å²) in [7, 11) is 0. The van der Waals surface area contributed by atoms with E-state index in [1.165, 1.54) is 24.3 Å². The first-order chi connectivity index (χ1) is 8.78. The average Bonchev–Trinajstić information content (AvgIpc) is 2.32. The van der Waals surface area contributed by atoms with Gasteiger partial charge in [0.15, 0.2) is 0 Å². The molecule has 0 atom stereocenters. The molecule has 1 aliphatic rings. The normalized spacial score (nSPS) is 28.2. The maximum absolute atomic E-state index is 12.0. The van der Waals surface area contributed by atoms with E-state index in [2.05, 4.69) is 4.74 Å². The van der Waals surface area contributed by atoms with Gasteiger partial charge in [0.05, 0.1) is 11.7 Å². The van der Waals surface area contributed by atoms with Crippen LogP contribution >= 0.6 is 0 Å². The third-order valence-electron chi connectivity index (χ3n) is 3.41. The van der Waals surface area contributed by atoms with Crippen molar-refractivity contribution in [2.45, 2.75) is 43.8 Å². The van der Waals surface area contributed by atoms with Gasteiger partial charge in [-0.05, 0) is 43.4 Å². The fraction of sp³-hybridized carbons (Fsp3) is 0.538. The molecule has 1 aromatic rings. The Balaban J connectivity index is 2.10. The average molecular weight is 276 g/mol. The van der Waals surface area contributed by atoms with E-state index in [1.54, 1.807) is 0 Å². The summed E-state index contributed by atoms with van der Waals surface area (Å²) >= 11 is 0. The summed E-state index contributed by atoms with van der Waals surface area (Å²) < 4.78 is 39.8.